The summed E-state index contributed by atoms with van der Waals surface area (Å²) in [6.07, 6.45) is 10.7. The molecular weight excluding hydrogens is 170 g/mol. The highest BCUT2D eigenvalue weighted by atomic mass is 14.7. The van der Waals surface area contributed by atoms with Crippen LogP contribution in [0.15, 0.2) is 4.99 Å². The van der Waals surface area contributed by atoms with Gasteiger partial charge in [-0.05, 0) is 17.8 Å². The van der Waals surface area contributed by atoms with Gasteiger partial charge in [0.15, 0.2) is 0 Å². The molecule has 0 saturated heterocycles. The van der Waals surface area contributed by atoms with Gasteiger partial charge in [-0.15, -0.1) is 0 Å². The minimum Gasteiger partial charge on any atom is -0.297 e. The average Bonchev–Trinajstić information content (AvgIpc) is 2.13. The van der Waals surface area contributed by atoms with Gasteiger partial charge in [0.1, 0.15) is 0 Å². The van der Waals surface area contributed by atoms with Crippen molar-refractivity contribution in [3.8, 4) is 0 Å². The highest BCUT2D eigenvalue weighted by molar-refractivity contribution is 5.63. The number of nitrogens with zero attached hydrogens (tertiary/aromatic N) is 1. The zero-order valence-electron chi connectivity index (χ0n) is 10.1. The van der Waals surface area contributed by atoms with Crippen LogP contribution < -0.4 is 0 Å². The van der Waals surface area contributed by atoms with Crippen molar-refractivity contribution in [1.82, 2.24) is 0 Å². The molecule has 1 fully saturated rings. The lowest BCUT2D eigenvalue weighted by Gasteiger charge is -2.20. The largest absolute Gasteiger partial charge is 0.297 e. The molecule has 0 N–H and O–H groups in total. The van der Waals surface area contributed by atoms with E-state index in [9.17, 15) is 0 Å². The van der Waals surface area contributed by atoms with Crippen LogP contribution in [0.4, 0.5) is 0 Å². The molecule has 0 amide bonds. The van der Waals surface area contributed by atoms with Gasteiger partial charge >= 0.3 is 0 Å². The first-order valence-electron chi connectivity index (χ1n) is 6.09. The van der Waals surface area contributed by atoms with Crippen molar-refractivity contribution < 1.29 is 0 Å². The van der Waals surface area contributed by atoms with E-state index >= 15 is 0 Å². The van der Waals surface area contributed by atoms with Gasteiger partial charge < -0.3 is 0 Å². The van der Waals surface area contributed by atoms with Crippen molar-refractivity contribution in [3.63, 3.8) is 0 Å². The molecule has 14 heavy (non-hydrogen) atoms. The lowest BCUT2D eigenvalue weighted by Crippen LogP contribution is -2.09. The van der Waals surface area contributed by atoms with E-state index in [1.807, 2.05) is 0 Å². The van der Waals surface area contributed by atoms with Crippen molar-refractivity contribution >= 4 is 6.21 Å². The summed E-state index contributed by atoms with van der Waals surface area (Å²) in [4.78, 5) is 4.51. The molecule has 1 rings (SSSR count). The van der Waals surface area contributed by atoms with Gasteiger partial charge in [0, 0.05) is 12.8 Å². The minimum atomic E-state index is 0.257. The summed E-state index contributed by atoms with van der Waals surface area (Å²) >= 11 is 0. The summed E-state index contributed by atoms with van der Waals surface area (Å²) in [5.74, 6) is 0.973. The highest BCUT2D eigenvalue weighted by Crippen LogP contribution is 2.26. The first-order chi connectivity index (χ1) is 6.58. The molecule has 0 aromatic carbocycles. The van der Waals surface area contributed by atoms with Gasteiger partial charge in [-0.3, -0.25) is 4.99 Å². The Morgan fingerprint density at radius 1 is 1.14 bits per heavy atom. The molecule has 0 atom stereocenters. The van der Waals surface area contributed by atoms with Crippen molar-refractivity contribution in [1.29, 1.82) is 0 Å². The number of hydrogen-bond acceptors (Lipinski definition) is 1. The maximum atomic E-state index is 4.51. The van der Waals surface area contributed by atoms with Crippen LogP contribution in [-0.4, -0.2) is 12.8 Å². The van der Waals surface area contributed by atoms with Crippen LogP contribution in [0.3, 0.4) is 0 Å². The second-order valence-electron chi connectivity index (χ2n) is 5.69. The standard InChI is InChI=1S/C13H25N/c1-13(2,3)11-14-10-9-12-7-5-4-6-8-12/h11-12H,4-10H2,1-3H3/b14-11+. The Labute approximate surface area is 89.0 Å². The van der Waals surface area contributed by atoms with E-state index in [1.165, 1.54) is 38.5 Å². The van der Waals surface area contributed by atoms with E-state index < -0.39 is 0 Å². The SMILES string of the molecule is CC(C)(C)/C=N/CCC1CCCCC1. The Kier molecular flexibility index (Phi) is 4.64. The molecule has 1 nitrogen and oxygen atoms in total. The van der Waals surface area contributed by atoms with Gasteiger partial charge in [-0.25, -0.2) is 0 Å². The van der Waals surface area contributed by atoms with Crippen LogP contribution in [0.1, 0.15) is 59.3 Å². The average molecular weight is 195 g/mol. The third-order valence-electron chi connectivity index (χ3n) is 2.87. The minimum absolute atomic E-state index is 0.257. The molecule has 1 aliphatic carbocycles. The first kappa shape index (κ1) is 11.7. The van der Waals surface area contributed by atoms with Crippen LogP contribution in [0.25, 0.3) is 0 Å². The lowest BCUT2D eigenvalue weighted by atomic mass is 9.87. The van der Waals surface area contributed by atoms with Gasteiger partial charge in [-0.1, -0.05) is 52.9 Å². The second-order valence-corrected chi connectivity index (χ2v) is 5.69. The summed E-state index contributed by atoms with van der Waals surface area (Å²) in [7, 11) is 0. The van der Waals surface area contributed by atoms with Crippen LogP contribution in [0.5, 0.6) is 0 Å². The van der Waals surface area contributed by atoms with Gasteiger partial charge in [-0.2, -0.15) is 0 Å². The van der Waals surface area contributed by atoms with E-state index in [0.717, 1.165) is 12.5 Å². The summed E-state index contributed by atoms with van der Waals surface area (Å²) in [5.41, 5.74) is 0.257. The zero-order valence-corrected chi connectivity index (χ0v) is 10.1. The molecule has 0 unspecified atom stereocenters. The van der Waals surface area contributed by atoms with Crippen LogP contribution in [0.2, 0.25) is 0 Å². The molecule has 0 radical (unpaired) electrons. The molecule has 1 saturated carbocycles. The number of hydrogen-bond donors (Lipinski definition) is 0. The Hall–Kier alpha value is -0.330. The number of rotatable bonds is 3. The molecule has 1 aliphatic rings. The van der Waals surface area contributed by atoms with E-state index in [1.54, 1.807) is 0 Å². The van der Waals surface area contributed by atoms with Gasteiger partial charge in [0.05, 0.1) is 0 Å². The van der Waals surface area contributed by atoms with Crippen molar-refractivity contribution in [2.24, 2.45) is 16.3 Å². The molecular formula is C13H25N. The molecule has 0 aromatic heterocycles. The Bertz CT molecular complexity index is 170. The second kappa shape index (κ2) is 5.53. The molecule has 0 heterocycles. The zero-order chi connectivity index (χ0) is 10.4. The van der Waals surface area contributed by atoms with E-state index in [4.69, 9.17) is 0 Å². The van der Waals surface area contributed by atoms with Crippen molar-refractivity contribution in [2.75, 3.05) is 6.54 Å². The monoisotopic (exact) mass is 195 g/mol. The van der Waals surface area contributed by atoms with Crippen molar-refractivity contribution in [3.05, 3.63) is 0 Å². The van der Waals surface area contributed by atoms with E-state index in [-0.39, 0.29) is 5.41 Å². The quantitative estimate of drug-likeness (QED) is 0.602. The van der Waals surface area contributed by atoms with Crippen LogP contribution >= 0.6 is 0 Å². The first-order valence-corrected chi connectivity index (χ1v) is 6.09. The van der Waals surface area contributed by atoms with E-state index in [2.05, 4.69) is 32.0 Å². The topological polar surface area (TPSA) is 12.4 Å². The van der Waals surface area contributed by atoms with Gasteiger partial charge in [0.25, 0.3) is 0 Å². The summed E-state index contributed by atoms with van der Waals surface area (Å²) in [6.45, 7) is 7.66. The maximum absolute atomic E-state index is 4.51. The molecule has 1 heteroatoms. The Balaban J connectivity index is 2.11. The predicted octanol–water partition coefficient (Wildman–Crippen LogP) is 4.07. The predicted molar refractivity (Wildman–Crippen MR) is 64.0 cm³/mol. The fraction of sp³-hybridized carbons (Fsp3) is 0.923. The molecule has 0 aliphatic heterocycles. The van der Waals surface area contributed by atoms with Crippen LogP contribution in [-0.2, 0) is 0 Å². The third-order valence-corrected chi connectivity index (χ3v) is 2.87. The fourth-order valence-electron chi connectivity index (χ4n) is 2.07. The van der Waals surface area contributed by atoms with Crippen LogP contribution in [0, 0.1) is 11.3 Å². The molecule has 0 bridgehead atoms. The molecule has 0 spiro atoms. The smallest absolute Gasteiger partial charge is 0.0388 e. The Morgan fingerprint density at radius 3 is 2.36 bits per heavy atom. The normalized spacial score (nSPS) is 20.5. The fourth-order valence-corrected chi connectivity index (χ4v) is 2.07. The maximum Gasteiger partial charge on any atom is 0.0388 e. The highest BCUT2D eigenvalue weighted by Gasteiger charge is 2.12. The van der Waals surface area contributed by atoms with E-state index in [0.29, 0.717) is 0 Å². The summed E-state index contributed by atoms with van der Waals surface area (Å²) in [5, 5.41) is 0. The summed E-state index contributed by atoms with van der Waals surface area (Å²) in [6, 6.07) is 0. The number of aliphatic imine (C=N–C) groups is 1. The third kappa shape index (κ3) is 5.41. The van der Waals surface area contributed by atoms with Crippen molar-refractivity contribution in [2.45, 2.75) is 59.3 Å². The molecule has 0 aromatic rings. The molecule has 82 valence electrons. The Morgan fingerprint density at radius 2 is 1.79 bits per heavy atom. The summed E-state index contributed by atoms with van der Waals surface area (Å²) < 4.78 is 0. The van der Waals surface area contributed by atoms with Gasteiger partial charge in [0.2, 0.25) is 0 Å². The lowest BCUT2D eigenvalue weighted by molar-refractivity contribution is 0.343.